The molecule has 3 nitrogen and oxygen atoms in total. The molecule has 1 aromatic rings. The molecule has 1 aromatic carbocycles. The highest BCUT2D eigenvalue weighted by molar-refractivity contribution is 9.10. The first-order valence-corrected chi connectivity index (χ1v) is 7.55. The van der Waals surface area contributed by atoms with Crippen LogP contribution in [-0.4, -0.2) is 24.4 Å². The van der Waals surface area contributed by atoms with E-state index in [0.29, 0.717) is 13.0 Å². The third-order valence-corrected chi connectivity index (χ3v) is 4.52. The largest absolute Gasteiger partial charge is 0.493 e. The number of hydrogen-bond acceptors (Lipinski definition) is 3. The second-order valence-corrected chi connectivity index (χ2v) is 5.94. The first-order valence-electron chi connectivity index (χ1n) is 6.76. The van der Waals surface area contributed by atoms with Gasteiger partial charge in [-0.1, -0.05) is 6.07 Å². The number of rotatable bonds is 6. The minimum atomic E-state index is -0.493. The van der Waals surface area contributed by atoms with E-state index in [1.807, 2.05) is 25.1 Å². The first-order chi connectivity index (χ1) is 9.10. The number of halogens is 1. The Morgan fingerprint density at radius 2 is 2.16 bits per heavy atom. The van der Waals surface area contributed by atoms with Gasteiger partial charge in [0.2, 0.25) is 0 Å². The molecule has 1 atom stereocenters. The molecule has 4 heteroatoms. The summed E-state index contributed by atoms with van der Waals surface area (Å²) >= 11 is 3.48. The molecule has 1 aliphatic carbocycles. The molecule has 0 amide bonds. The summed E-state index contributed by atoms with van der Waals surface area (Å²) in [7, 11) is 1.74. The average molecular weight is 329 g/mol. The van der Waals surface area contributed by atoms with Crippen molar-refractivity contribution >= 4 is 15.9 Å². The second-order valence-electron chi connectivity index (χ2n) is 5.08. The van der Waals surface area contributed by atoms with Gasteiger partial charge < -0.3 is 14.6 Å². The Kier molecular flexibility index (Phi) is 4.87. The Balaban J connectivity index is 2.06. The van der Waals surface area contributed by atoms with Crippen molar-refractivity contribution in [2.75, 3.05) is 13.7 Å². The lowest BCUT2D eigenvalue weighted by molar-refractivity contribution is -0.0999. The molecular formula is C15H21BrO3. The molecule has 1 unspecified atom stereocenters. The third-order valence-electron chi connectivity index (χ3n) is 3.90. The van der Waals surface area contributed by atoms with E-state index in [1.54, 1.807) is 7.11 Å². The van der Waals surface area contributed by atoms with Crippen molar-refractivity contribution in [1.82, 2.24) is 0 Å². The van der Waals surface area contributed by atoms with Crippen molar-refractivity contribution in [1.29, 1.82) is 0 Å². The summed E-state index contributed by atoms with van der Waals surface area (Å²) in [6.07, 6.45) is 3.43. The Morgan fingerprint density at radius 3 is 2.63 bits per heavy atom. The van der Waals surface area contributed by atoms with Crippen LogP contribution in [0.1, 0.15) is 44.3 Å². The van der Waals surface area contributed by atoms with Crippen LogP contribution in [-0.2, 0) is 4.74 Å². The Bertz CT molecular complexity index is 424. The molecule has 0 radical (unpaired) electrons. The average Bonchev–Trinajstić information content (AvgIpc) is 2.36. The van der Waals surface area contributed by atoms with Gasteiger partial charge in [-0.05, 0) is 59.8 Å². The van der Waals surface area contributed by atoms with Crippen LogP contribution in [0, 0.1) is 0 Å². The zero-order chi connectivity index (χ0) is 13.9. The highest BCUT2D eigenvalue weighted by Crippen LogP contribution is 2.42. The smallest absolute Gasteiger partial charge is 0.133 e. The topological polar surface area (TPSA) is 38.7 Å². The quantitative estimate of drug-likeness (QED) is 0.862. The van der Waals surface area contributed by atoms with Crippen molar-refractivity contribution in [3.63, 3.8) is 0 Å². The summed E-state index contributed by atoms with van der Waals surface area (Å²) < 4.78 is 11.9. The molecule has 1 saturated carbocycles. The molecular weight excluding hydrogens is 308 g/mol. The van der Waals surface area contributed by atoms with Gasteiger partial charge in [-0.15, -0.1) is 0 Å². The first kappa shape index (κ1) is 14.8. The van der Waals surface area contributed by atoms with Crippen molar-refractivity contribution < 1.29 is 14.6 Å². The zero-order valence-corrected chi connectivity index (χ0v) is 13.1. The lowest BCUT2D eigenvalue weighted by atomic mass is 9.75. The monoisotopic (exact) mass is 328 g/mol. The summed E-state index contributed by atoms with van der Waals surface area (Å²) in [5.41, 5.74) is 0.781. The van der Waals surface area contributed by atoms with Crippen molar-refractivity contribution in [3.05, 3.63) is 28.2 Å². The maximum absolute atomic E-state index is 10.4. The predicted octanol–water partition coefficient (Wildman–Crippen LogP) is 3.84. The molecule has 106 valence electrons. The number of aliphatic hydroxyl groups is 1. The van der Waals surface area contributed by atoms with Gasteiger partial charge in [0.25, 0.3) is 0 Å². The second kappa shape index (κ2) is 6.25. The molecule has 1 N–H and O–H groups in total. The van der Waals surface area contributed by atoms with E-state index in [2.05, 4.69) is 15.9 Å². The molecule has 0 aromatic heterocycles. The number of aliphatic hydroxyl groups excluding tert-OH is 1. The molecule has 1 fully saturated rings. The van der Waals surface area contributed by atoms with Crippen molar-refractivity contribution in [3.8, 4) is 5.75 Å². The fourth-order valence-electron chi connectivity index (χ4n) is 2.53. The van der Waals surface area contributed by atoms with Crippen LogP contribution < -0.4 is 4.74 Å². The molecule has 0 saturated heterocycles. The van der Waals surface area contributed by atoms with E-state index in [1.165, 1.54) is 6.42 Å². The Hall–Kier alpha value is -0.580. The standard InChI is InChI=1S/C15H21BrO3/c1-3-19-14-6-5-11(9-12(14)16)13(17)10-15(18-2)7-4-8-15/h5-6,9,13,17H,3-4,7-8,10H2,1-2H3. The van der Waals surface area contributed by atoms with E-state index in [4.69, 9.17) is 9.47 Å². The van der Waals surface area contributed by atoms with Crippen LogP contribution in [0.4, 0.5) is 0 Å². The maximum Gasteiger partial charge on any atom is 0.133 e. The highest BCUT2D eigenvalue weighted by Gasteiger charge is 2.39. The summed E-state index contributed by atoms with van der Waals surface area (Å²) in [6.45, 7) is 2.58. The normalized spacial score (nSPS) is 18.7. The van der Waals surface area contributed by atoms with Gasteiger partial charge in [0.05, 0.1) is 22.8 Å². The predicted molar refractivity (Wildman–Crippen MR) is 78.5 cm³/mol. The molecule has 0 heterocycles. The Morgan fingerprint density at radius 1 is 1.42 bits per heavy atom. The van der Waals surface area contributed by atoms with Crippen LogP contribution in [0.3, 0.4) is 0 Å². The van der Waals surface area contributed by atoms with Crippen molar-refractivity contribution in [2.24, 2.45) is 0 Å². The van der Waals surface area contributed by atoms with Crippen molar-refractivity contribution in [2.45, 2.75) is 44.3 Å². The zero-order valence-electron chi connectivity index (χ0n) is 11.5. The molecule has 0 aliphatic heterocycles. The molecule has 0 spiro atoms. The van der Waals surface area contributed by atoms with Gasteiger partial charge in [-0.3, -0.25) is 0 Å². The number of hydrogen-bond donors (Lipinski definition) is 1. The van der Waals surface area contributed by atoms with Crippen LogP contribution in [0.2, 0.25) is 0 Å². The number of methoxy groups -OCH3 is 1. The number of benzene rings is 1. The van der Waals surface area contributed by atoms with E-state index < -0.39 is 6.10 Å². The molecule has 2 rings (SSSR count). The lowest BCUT2D eigenvalue weighted by Gasteiger charge is -2.41. The fraction of sp³-hybridized carbons (Fsp3) is 0.600. The van der Waals surface area contributed by atoms with Gasteiger partial charge in [-0.2, -0.15) is 0 Å². The lowest BCUT2D eigenvalue weighted by Crippen LogP contribution is -2.40. The molecule has 19 heavy (non-hydrogen) atoms. The summed E-state index contributed by atoms with van der Waals surface area (Å²) in [5, 5.41) is 10.4. The number of ether oxygens (including phenoxy) is 2. The fourth-order valence-corrected chi connectivity index (χ4v) is 3.04. The van der Waals surface area contributed by atoms with Crippen LogP contribution in [0.25, 0.3) is 0 Å². The summed E-state index contributed by atoms with van der Waals surface area (Å²) in [5.74, 6) is 0.809. The summed E-state index contributed by atoms with van der Waals surface area (Å²) in [4.78, 5) is 0. The molecule has 0 bridgehead atoms. The van der Waals surface area contributed by atoms with E-state index in [9.17, 15) is 5.11 Å². The van der Waals surface area contributed by atoms with E-state index in [-0.39, 0.29) is 5.60 Å². The third kappa shape index (κ3) is 3.30. The van der Waals surface area contributed by atoms with Crippen LogP contribution in [0.15, 0.2) is 22.7 Å². The van der Waals surface area contributed by atoms with E-state index >= 15 is 0 Å². The highest BCUT2D eigenvalue weighted by atomic mass is 79.9. The minimum Gasteiger partial charge on any atom is -0.493 e. The van der Waals surface area contributed by atoms with Gasteiger partial charge in [0.15, 0.2) is 0 Å². The summed E-state index contributed by atoms with van der Waals surface area (Å²) in [6, 6.07) is 5.74. The van der Waals surface area contributed by atoms with Crippen LogP contribution >= 0.6 is 15.9 Å². The van der Waals surface area contributed by atoms with Crippen LogP contribution in [0.5, 0.6) is 5.75 Å². The van der Waals surface area contributed by atoms with Gasteiger partial charge in [-0.25, -0.2) is 0 Å². The SMILES string of the molecule is CCOc1ccc(C(O)CC2(OC)CCC2)cc1Br. The molecule has 1 aliphatic rings. The van der Waals surface area contributed by atoms with Gasteiger partial charge in [0.1, 0.15) is 5.75 Å². The minimum absolute atomic E-state index is 0.121. The van der Waals surface area contributed by atoms with Gasteiger partial charge >= 0.3 is 0 Å². The van der Waals surface area contributed by atoms with Gasteiger partial charge in [0, 0.05) is 13.5 Å². The maximum atomic E-state index is 10.4. The van der Waals surface area contributed by atoms with E-state index in [0.717, 1.165) is 28.6 Å². The Labute approximate surface area is 123 Å².